The predicted octanol–water partition coefficient (Wildman–Crippen LogP) is 2.64. The average Bonchev–Trinajstić information content (AvgIpc) is 2.75. The second-order valence-electron chi connectivity index (χ2n) is 4.46. The normalized spacial score (nSPS) is 14.5. The minimum atomic E-state index is -4.67. The number of aliphatic imine (C=N–C) groups is 1. The molecule has 0 bridgehead atoms. The number of para-hydroxylation sites is 1. The van der Waals surface area contributed by atoms with Crippen molar-refractivity contribution in [3.05, 3.63) is 29.8 Å². The van der Waals surface area contributed by atoms with Crippen molar-refractivity contribution in [3.63, 3.8) is 0 Å². The van der Waals surface area contributed by atoms with Crippen LogP contribution in [0, 0.1) is 0 Å². The van der Waals surface area contributed by atoms with Gasteiger partial charge >= 0.3 is 6.36 Å². The van der Waals surface area contributed by atoms with E-state index in [1.807, 2.05) is 11.9 Å². The van der Waals surface area contributed by atoms with Gasteiger partial charge in [-0.2, -0.15) is 0 Å². The van der Waals surface area contributed by atoms with Crippen molar-refractivity contribution in [2.75, 3.05) is 26.7 Å². The maximum Gasteiger partial charge on any atom is 0.573 e. The van der Waals surface area contributed by atoms with Crippen LogP contribution in [0.25, 0.3) is 0 Å². The number of halogens is 4. The van der Waals surface area contributed by atoms with Crippen LogP contribution in [0.15, 0.2) is 29.3 Å². The van der Waals surface area contributed by atoms with Crippen molar-refractivity contribution in [2.45, 2.75) is 12.8 Å². The van der Waals surface area contributed by atoms with Gasteiger partial charge < -0.3 is 15.0 Å². The van der Waals surface area contributed by atoms with Gasteiger partial charge in [-0.05, 0) is 18.1 Å². The van der Waals surface area contributed by atoms with Gasteiger partial charge in [0, 0.05) is 20.1 Å². The molecule has 0 unspecified atom stereocenters. The molecule has 1 aromatic rings. The van der Waals surface area contributed by atoms with Gasteiger partial charge in [0.05, 0.1) is 6.54 Å². The molecule has 0 aromatic heterocycles. The third kappa shape index (κ3) is 5.60. The zero-order valence-electron chi connectivity index (χ0n) is 11.5. The van der Waals surface area contributed by atoms with E-state index in [1.54, 1.807) is 12.1 Å². The number of benzene rings is 1. The molecular weight excluding hydrogens is 398 g/mol. The highest BCUT2D eigenvalue weighted by Crippen LogP contribution is 2.26. The fourth-order valence-electron chi connectivity index (χ4n) is 1.97. The van der Waals surface area contributed by atoms with Crippen molar-refractivity contribution in [2.24, 2.45) is 4.99 Å². The quantitative estimate of drug-likeness (QED) is 0.769. The van der Waals surface area contributed by atoms with Gasteiger partial charge in [0.2, 0.25) is 0 Å². The third-order valence-electron chi connectivity index (χ3n) is 2.93. The van der Waals surface area contributed by atoms with E-state index in [1.165, 1.54) is 12.1 Å². The summed E-state index contributed by atoms with van der Waals surface area (Å²) in [6.45, 7) is 2.10. The van der Waals surface area contributed by atoms with E-state index in [9.17, 15) is 13.2 Å². The number of likely N-dealkylation sites (N-methyl/N-ethyl adjacent to an activating group) is 1. The van der Waals surface area contributed by atoms with Crippen LogP contribution >= 0.6 is 24.0 Å². The topological polar surface area (TPSA) is 36.9 Å². The molecule has 1 N–H and O–H groups in total. The number of ether oxygens (including phenoxy) is 1. The number of nitrogens with zero attached hydrogens (tertiary/aromatic N) is 2. The van der Waals surface area contributed by atoms with Crippen LogP contribution in [-0.2, 0) is 6.42 Å². The maximum atomic E-state index is 12.3. The highest BCUT2D eigenvalue weighted by molar-refractivity contribution is 14.0. The van der Waals surface area contributed by atoms with Crippen LogP contribution in [0.2, 0.25) is 0 Å². The lowest BCUT2D eigenvalue weighted by Gasteiger charge is -2.16. The molecule has 1 aromatic carbocycles. The molecular formula is C13H17F3IN3O. The van der Waals surface area contributed by atoms with E-state index in [0.29, 0.717) is 18.5 Å². The van der Waals surface area contributed by atoms with E-state index in [4.69, 9.17) is 0 Å². The van der Waals surface area contributed by atoms with E-state index in [2.05, 4.69) is 15.0 Å². The summed E-state index contributed by atoms with van der Waals surface area (Å²) in [6.07, 6.45) is -4.24. The van der Waals surface area contributed by atoms with Crippen LogP contribution < -0.4 is 10.1 Å². The Kier molecular flexibility index (Phi) is 6.56. The first-order valence-electron chi connectivity index (χ1n) is 6.29. The Labute approximate surface area is 138 Å². The minimum Gasteiger partial charge on any atom is -0.406 e. The van der Waals surface area contributed by atoms with Gasteiger partial charge in [0.1, 0.15) is 5.75 Å². The van der Waals surface area contributed by atoms with Gasteiger partial charge in [-0.1, -0.05) is 18.2 Å². The lowest BCUT2D eigenvalue weighted by molar-refractivity contribution is -0.274. The highest BCUT2D eigenvalue weighted by Gasteiger charge is 2.31. The van der Waals surface area contributed by atoms with Crippen LogP contribution in [0.5, 0.6) is 5.75 Å². The van der Waals surface area contributed by atoms with Crippen molar-refractivity contribution in [1.29, 1.82) is 0 Å². The van der Waals surface area contributed by atoms with Crippen LogP contribution in [0.1, 0.15) is 5.56 Å². The summed E-state index contributed by atoms with van der Waals surface area (Å²) in [7, 11) is 1.92. The van der Waals surface area contributed by atoms with Crippen molar-refractivity contribution >= 4 is 29.9 Å². The van der Waals surface area contributed by atoms with E-state index < -0.39 is 6.36 Å². The predicted molar refractivity (Wildman–Crippen MR) is 85.2 cm³/mol. The molecule has 1 aliphatic rings. The van der Waals surface area contributed by atoms with Gasteiger partial charge in [0.15, 0.2) is 5.96 Å². The maximum absolute atomic E-state index is 12.3. The molecule has 2 rings (SSSR count). The summed E-state index contributed by atoms with van der Waals surface area (Å²) in [6, 6.07) is 6.16. The molecule has 0 saturated carbocycles. The monoisotopic (exact) mass is 415 g/mol. The zero-order chi connectivity index (χ0) is 14.6. The Morgan fingerprint density at radius 3 is 2.67 bits per heavy atom. The summed E-state index contributed by atoms with van der Waals surface area (Å²) < 4.78 is 40.8. The molecule has 0 saturated heterocycles. The largest absolute Gasteiger partial charge is 0.573 e. The first-order valence-corrected chi connectivity index (χ1v) is 6.29. The smallest absolute Gasteiger partial charge is 0.406 e. The summed E-state index contributed by atoms with van der Waals surface area (Å²) in [5.74, 6) is 0.628. The first kappa shape index (κ1) is 17.9. The summed E-state index contributed by atoms with van der Waals surface area (Å²) >= 11 is 0. The lowest BCUT2D eigenvalue weighted by Crippen LogP contribution is -2.36. The molecule has 1 heterocycles. The van der Waals surface area contributed by atoms with Crippen molar-refractivity contribution < 1.29 is 17.9 Å². The Morgan fingerprint density at radius 1 is 1.33 bits per heavy atom. The molecule has 0 aliphatic carbocycles. The van der Waals surface area contributed by atoms with E-state index in [0.717, 1.165) is 19.0 Å². The third-order valence-corrected chi connectivity index (χ3v) is 2.93. The second kappa shape index (κ2) is 7.71. The molecule has 8 heteroatoms. The van der Waals surface area contributed by atoms with Crippen LogP contribution in [0.4, 0.5) is 13.2 Å². The molecule has 1 aliphatic heterocycles. The number of hydrogen-bond donors (Lipinski definition) is 1. The molecule has 0 radical (unpaired) electrons. The van der Waals surface area contributed by atoms with Crippen molar-refractivity contribution in [1.82, 2.24) is 10.2 Å². The Hall–Kier alpha value is -1.19. The molecule has 0 spiro atoms. The molecule has 118 valence electrons. The summed E-state index contributed by atoms with van der Waals surface area (Å²) in [5.41, 5.74) is 0.513. The molecule has 0 atom stereocenters. The molecule has 21 heavy (non-hydrogen) atoms. The highest BCUT2D eigenvalue weighted by atomic mass is 127. The van der Waals surface area contributed by atoms with Gasteiger partial charge in [0.25, 0.3) is 0 Å². The Balaban J connectivity index is 0.00000220. The molecule has 0 amide bonds. The van der Waals surface area contributed by atoms with Crippen LogP contribution in [0.3, 0.4) is 0 Å². The molecule has 4 nitrogen and oxygen atoms in total. The van der Waals surface area contributed by atoms with Gasteiger partial charge in [-0.15, -0.1) is 37.1 Å². The SMILES string of the molecule is CN1CCN=C1NCCc1ccccc1OC(F)(F)F.I. The second-order valence-corrected chi connectivity index (χ2v) is 4.46. The minimum absolute atomic E-state index is 0. The number of rotatable bonds is 4. The number of hydrogen-bond acceptors (Lipinski definition) is 4. The standard InChI is InChI=1S/C13H16F3N3O.HI/c1-19-9-8-18-12(19)17-7-6-10-4-2-3-5-11(10)20-13(14,15)16;/h2-5H,6-9H2,1H3,(H,17,18);1H. The van der Waals surface area contributed by atoms with E-state index in [-0.39, 0.29) is 29.7 Å². The zero-order valence-corrected chi connectivity index (χ0v) is 13.8. The summed E-state index contributed by atoms with van der Waals surface area (Å²) in [5, 5.41) is 3.11. The average molecular weight is 415 g/mol. The Morgan fingerprint density at radius 2 is 2.05 bits per heavy atom. The van der Waals surface area contributed by atoms with Crippen molar-refractivity contribution in [3.8, 4) is 5.75 Å². The summed E-state index contributed by atoms with van der Waals surface area (Å²) in [4.78, 5) is 6.22. The number of nitrogens with one attached hydrogen (secondary N) is 1. The van der Waals surface area contributed by atoms with Crippen LogP contribution in [-0.4, -0.2) is 43.9 Å². The molecule has 0 fully saturated rings. The Bertz CT molecular complexity index is 494. The first-order chi connectivity index (χ1) is 9.46. The fourth-order valence-corrected chi connectivity index (χ4v) is 1.97. The number of alkyl halides is 3. The van der Waals surface area contributed by atoms with Gasteiger partial charge in [-0.25, -0.2) is 0 Å². The fraction of sp³-hybridized carbons (Fsp3) is 0.462. The van der Waals surface area contributed by atoms with E-state index >= 15 is 0 Å². The lowest BCUT2D eigenvalue weighted by atomic mass is 10.1. The van der Waals surface area contributed by atoms with Gasteiger partial charge in [-0.3, -0.25) is 4.99 Å². The number of guanidine groups is 1.